The van der Waals surface area contributed by atoms with Crippen molar-refractivity contribution in [1.29, 1.82) is 0 Å². The fourth-order valence-electron chi connectivity index (χ4n) is 3.22. The van der Waals surface area contributed by atoms with Gasteiger partial charge in [0.15, 0.2) is 0 Å². The zero-order chi connectivity index (χ0) is 13.3. The second-order valence-electron chi connectivity index (χ2n) is 5.60. The molecule has 0 bridgehead atoms. The second-order valence-corrected chi connectivity index (χ2v) is 5.60. The molecule has 1 saturated carbocycles. The van der Waals surface area contributed by atoms with Crippen molar-refractivity contribution in [3.63, 3.8) is 0 Å². The van der Waals surface area contributed by atoms with E-state index in [0.29, 0.717) is 6.42 Å². The predicted octanol–water partition coefficient (Wildman–Crippen LogP) is -1.03. The Morgan fingerprint density at radius 2 is 1.41 bits per heavy atom. The molecule has 5 nitrogen and oxygen atoms in total. The molecule has 102 valence electrons. The highest BCUT2D eigenvalue weighted by Crippen LogP contribution is 2.51. The summed E-state index contributed by atoms with van der Waals surface area (Å²) in [7, 11) is 0. The summed E-state index contributed by atoms with van der Waals surface area (Å²) in [5, 5.41) is 48.4. The van der Waals surface area contributed by atoms with E-state index < -0.39 is 16.9 Å². The molecular formula is C12H24O5. The van der Waals surface area contributed by atoms with Gasteiger partial charge >= 0.3 is 0 Å². The molecular weight excluding hydrogens is 224 g/mol. The fourth-order valence-corrected chi connectivity index (χ4v) is 3.22. The van der Waals surface area contributed by atoms with Gasteiger partial charge in [-0.05, 0) is 18.3 Å². The second kappa shape index (κ2) is 5.20. The Balaban J connectivity index is 3.19. The third-order valence-corrected chi connectivity index (χ3v) is 4.83. The van der Waals surface area contributed by atoms with Gasteiger partial charge in [-0.1, -0.05) is 13.8 Å². The minimum Gasteiger partial charge on any atom is -0.396 e. The van der Waals surface area contributed by atoms with E-state index in [1.807, 2.05) is 13.8 Å². The Hall–Kier alpha value is -0.200. The van der Waals surface area contributed by atoms with Crippen LogP contribution < -0.4 is 0 Å². The molecule has 0 aliphatic heterocycles. The predicted molar refractivity (Wildman–Crippen MR) is 62.2 cm³/mol. The molecule has 1 rings (SSSR count). The van der Waals surface area contributed by atoms with E-state index in [4.69, 9.17) is 0 Å². The average Bonchev–Trinajstić information content (AvgIpc) is 2.36. The zero-order valence-electron chi connectivity index (χ0n) is 10.5. The van der Waals surface area contributed by atoms with Crippen LogP contribution in [0.5, 0.6) is 0 Å². The summed E-state index contributed by atoms with van der Waals surface area (Å²) in [5.41, 5.74) is -2.11. The smallest absolute Gasteiger partial charge is 0.0743 e. The number of aliphatic hydroxyl groups excluding tert-OH is 5. The van der Waals surface area contributed by atoms with Crippen LogP contribution in [0.2, 0.25) is 0 Å². The molecule has 0 aromatic rings. The monoisotopic (exact) mass is 248 g/mol. The number of hydrogen-bond donors (Lipinski definition) is 5. The highest BCUT2D eigenvalue weighted by atomic mass is 16.3. The Bertz CT molecular complexity index is 247. The molecule has 3 unspecified atom stereocenters. The lowest BCUT2D eigenvalue weighted by molar-refractivity contribution is -0.209. The van der Waals surface area contributed by atoms with Crippen LogP contribution in [0.3, 0.4) is 0 Å². The van der Waals surface area contributed by atoms with Crippen LogP contribution in [0.15, 0.2) is 0 Å². The first-order chi connectivity index (χ1) is 7.94. The van der Waals surface area contributed by atoms with Crippen molar-refractivity contribution in [3.8, 4) is 0 Å². The van der Waals surface area contributed by atoms with Crippen molar-refractivity contribution in [1.82, 2.24) is 0 Å². The molecule has 0 heterocycles. The summed E-state index contributed by atoms with van der Waals surface area (Å²) < 4.78 is 0. The first kappa shape index (κ1) is 14.9. The van der Waals surface area contributed by atoms with Crippen LogP contribution >= 0.6 is 0 Å². The highest BCUT2D eigenvalue weighted by molar-refractivity contribution is 5.06. The standard InChI is InChI=1S/C12H24O5/c1-8-3-11(4-13,5-14)10(17)12(6-15,7-16)9(8)2/h8-10,13-17H,3-7H2,1-2H3. The van der Waals surface area contributed by atoms with Gasteiger partial charge in [-0.3, -0.25) is 0 Å². The van der Waals surface area contributed by atoms with Crippen LogP contribution in [0, 0.1) is 22.7 Å². The molecule has 1 aliphatic carbocycles. The van der Waals surface area contributed by atoms with Crippen LogP contribution in [0.1, 0.15) is 20.3 Å². The van der Waals surface area contributed by atoms with Crippen molar-refractivity contribution < 1.29 is 25.5 Å². The first-order valence-electron chi connectivity index (χ1n) is 6.05. The third-order valence-electron chi connectivity index (χ3n) is 4.83. The minimum atomic E-state index is -1.12. The summed E-state index contributed by atoms with van der Waals surface area (Å²) in [4.78, 5) is 0. The molecule has 3 atom stereocenters. The molecule has 0 amide bonds. The Morgan fingerprint density at radius 1 is 0.941 bits per heavy atom. The Kier molecular flexibility index (Phi) is 4.54. The van der Waals surface area contributed by atoms with Crippen LogP contribution in [0.4, 0.5) is 0 Å². The van der Waals surface area contributed by atoms with E-state index in [0.717, 1.165) is 0 Å². The van der Waals surface area contributed by atoms with Gasteiger partial charge in [-0.25, -0.2) is 0 Å². The molecule has 17 heavy (non-hydrogen) atoms. The molecule has 0 spiro atoms. The molecule has 0 saturated heterocycles. The minimum absolute atomic E-state index is 0.0845. The topological polar surface area (TPSA) is 101 Å². The van der Waals surface area contributed by atoms with Gasteiger partial charge in [0, 0.05) is 10.8 Å². The molecule has 0 aromatic heterocycles. The van der Waals surface area contributed by atoms with Gasteiger partial charge in [0.25, 0.3) is 0 Å². The summed E-state index contributed by atoms with van der Waals surface area (Å²) >= 11 is 0. The quantitative estimate of drug-likeness (QED) is 0.438. The fraction of sp³-hybridized carbons (Fsp3) is 1.00. The lowest BCUT2D eigenvalue weighted by atomic mass is 9.53. The van der Waals surface area contributed by atoms with E-state index in [9.17, 15) is 25.5 Å². The number of hydrogen-bond acceptors (Lipinski definition) is 5. The normalized spacial score (nSPS) is 35.8. The van der Waals surface area contributed by atoms with E-state index in [-0.39, 0.29) is 38.3 Å². The summed E-state index contributed by atoms with van der Waals surface area (Å²) in [5.74, 6) is 0.00993. The highest BCUT2D eigenvalue weighted by Gasteiger charge is 2.57. The van der Waals surface area contributed by atoms with E-state index in [1.165, 1.54) is 0 Å². The third kappa shape index (κ3) is 2.00. The first-order valence-corrected chi connectivity index (χ1v) is 6.05. The van der Waals surface area contributed by atoms with Gasteiger partial charge in [0.05, 0.1) is 32.5 Å². The molecule has 1 aliphatic rings. The van der Waals surface area contributed by atoms with E-state index in [1.54, 1.807) is 0 Å². The van der Waals surface area contributed by atoms with Crippen molar-refractivity contribution in [3.05, 3.63) is 0 Å². The lowest BCUT2D eigenvalue weighted by Crippen LogP contribution is -2.63. The van der Waals surface area contributed by atoms with Gasteiger partial charge in [0.1, 0.15) is 0 Å². The maximum Gasteiger partial charge on any atom is 0.0743 e. The van der Waals surface area contributed by atoms with Crippen LogP contribution in [0.25, 0.3) is 0 Å². The summed E-state index contributed by atoms with van der Waals surface area (Å²) in [6, 6.07) is 0. The Morgan fingerprint density at radius 3 is 1.76 bits per heavy atom. The average molecular weight is 248 g/mol. The zero-order valence-corrected chi connectivity index (χ0v) is 10.5. The van der Waals surface area contributed by atoms with E-state index >= 15 is 0 Å². The van der Waals surface area contributed by atoms with Crippen LogP contribution in [-0.4, -0.2) is 58.1 Å². The van der Waals surface area contributed by atoms with Gasteiger partial charge in [-0.2, -0.15) is 0 Å². The summed E-state index contributed by atoms with van der Waals surface area (Å²) in [6.07, 6.45) is -0.643. The lowest BCUT2D eigenvalue weighted by Gasteiger charge is -2.55. The Labute approximate surface area is 102 Å². The van der Waals surface area contributed by atoms with Crippen molar-refractivity contribution in [2.75, 3.05) is 26.4 Å². The maximum atomic E-state index is 10.4. The molecule has 0 radical (unpaired) electrons. The number of aliphatic hydroxyl groups is 5. The maximum absolute atomic E-state index is 10.4. The van der Waals surface area contributed by atoms with E-state index in [2.05, 4.69) is 0 Å². The van der Waals surface area contributed by atoms with Gasteiger partial charge in [-0.15, -0.1) is 0 Å². The SMILES string of the molecule is CC1CC(CO)(CO)C(O)C(CO)(CO)C1C. The van der Waals surface area contributed by atoms with Crippen LogP contribution in [-0.2, 0) is 0 Å². The van der Waals surface area contributed by atoms with Crippen molar-refractivity contribution >= 4 is 0 Å². The van der Waals surface area contributed by atoms with Gasteiger partial charge < -0.3 is 25.5 Å². The van der Waals surface area contributed by atoms with Crippen molar-refractivity contribution in [2.45, 2.75) is 26.4 Å². The number of rotatable bonds is 4. The summed E-state index contributed by atoms with van der Waals surface area (Å²) in [6.45, 7) is 2.37. The molecule has 5 N–H and O–H groups in total. The largest absolute Gasteiger partial charge is 0.396 e. The molecule has 0 aromatic carbocycles. The molecule has 5 heteroatoms. The molecule has 1 fully saturated rings. The van der Waals surface area contributed by atoms with Gasteiger partial charge in [0.2, 0.25) is 0 Å². The van der Waals surface area contributed by atoms with Crippen molar-refractivity contribution in [2.24, 2.45) is 22.7 Å².